The number of amides is 1. The topological polar surface area (TPSA) is 58.6 Å². The van der Waals surface area contributed by atoms with Crippen molar-refractivity contribution in [3.05, 3.63) is 38.4 Å². The van der Waals surface area contributed by atoms with Crippen LogP contribution >= 0.6 is 22.7 Å². The van der Waals surface area contributed by atoms with Crippen molar-refractivity contribution in [1.82, 2.24) is 4.90 Å². The molecule has 1 amide bonds. The van der Waals surface area contributed by atoms with Crippen molar-refractivity contribution in [2.75, 3.05) is 18.5 Å². The molecule has 3 rings (SSSR count). The molecular weight excluding hydrogens is 356 g/mol. The lowest BCUT2D eigenvalue weighted by Gasteiger charge is -2.30. The number of hydrogen-bond donors (Lipinski definition) is 1. The summed E-state index contributed by atoms with van der Waals surface area (Å²) in [5, 5.41) is 5.39. The van der Waals surface area contributed by atoms with E-state index in [4.69, 9.17) is 4.74 Å². The van der Waals surface area contributed by atoms with Gasteiger partial charge in [-0.15, -0.1) is 22.7 Å². The van der Waals surface area contributed by atoms with Crippen molar-refractivity contribution >= 4 is 39.6 Å². The van der Waals surface area contributed by atoms with E-state index in [-0.39, 0.29) is 11.9 Å². The molecule has 0 atom stereocenters. The van der Waals surface area contributed by atoms with Crippen LogP contribution in [0.1, 0.15) is 51.2 Å². The summed E-state index contributed by atoms with van der Waals surface area (Å²) in [6, 6.07) is 4.06. The average Bonchev–Trinajstić information content (AvgIpc) is 3.21. The molecule has 0 spiro atoms. The summed E-state index contributed by atoms with van der Waals surface area (Å²) < 4.78 is 5.25. The first kappa shape index (κ1) is 18.1. The van der Waals surface area contributed by atoms with Gasteiger partial charge in [-0.05, 0) is 44.2 Å². The molecule has 0 saturated carbocycles. The summed E-state index contributed by atoms with van der Waals surface area (Å²) in [5.74, 6) is -0.528. The van der Waals surface area contributed by atoms with Gasteiger partial charge in [0, 0.05) is 24.0 Å². The number of thiophene rings is 2. The van der Waals surface area contributed by atoms with Gasteiger partial charge in [-0.2, -0.15) is 0 Å². The van der Waals surface area contributed by atoms with Crippen molar-refractivity contribution in [3.8, 4) is 0 Å². The van der Waals surface area contributed by atoms with Crippen LogP contribution < -0.4 is 5.32 Å². The highest BCUT2D eigenvalue weighted by molar-refractivity contribution is 7.17. The second kappa shape index (κ2) is 7.68. The molecule has 25 heavy (non-hydrogen) atoms. The summed E-state index contributed by atoms with van der Waals surface area (Å²) in [4.78, 5) is 29.1. The number of carbonyl (C=O) groups is 2. The lowest BCUT2D eigenvalue weighted by atomic mass is 10.0. The van der Waals surface area contributed by atoms with E-state index in [2.05, 4.69) is 24.1 Å². The molecule has 1 aliphatic heterocycles. The van der Waals surface area contributed by atoms with Crippen LogP contribution in [0.3, 0.4) is 0 Å². The first-order chi connectivity index (χ1) is 12.0. The molecule has 3 heterocycles. The van der Waals surface area contributed by atoms with E-state index in [1.54, 1.807) is 13.0 Å². The summed E-state index contributed by atoms with van der Waals surface area (Å²) in [7, 11) is 0. The lowest BCUT2D eigenvalue weighted by molar-refractivity contribution is 0.0526. The number of nitrogens with zero attached hydrogens (tertiary/aromatic N) is 1. The third-order valence-electron chi connectivity index (χ3n) is 4.27. The number of rotatable bonds is 5. The Kier molecular flexibility index (Phi) is 5.56. The maximum atomic E-state index is 12.5. The van der Waals surface area contributed by atoms with E-state index >= 15 is 0 Å². The maximum absolute atomic E-state index is 12.5. The van der Waals surface area contributed by atoms with Crippen molar-refractivity contribution in [1.29, 1.82) is 0 Å². The Hall–Kier alpha value is -1.70. The molecule has 0 bridgehead atoms. The Balaban J connectivity index is 1.93. The number of hydrogen-bond acceptors (Lipinski definition) is 6. The smallest absolute Gasteiger partial charge is 0.341 e. The van der Waals surface area contributed by atoms with Gasteiger partial charge in [-0.1, -0.05) is 6.07 Å². The normalized spacial score (nSPS) is 14.4. The van der Waals surface area contributed by atoms with Gasteiger partial charge in [0.2, 0.25) is 0 Å². The maximum Gasteiger partial charge on any atom is 0.341 e. The van der Waals surface area contributed by atoms with Gasteiger partial charge in [-0.3, -0.25) is 9.69 Å². The predicted molar refractivity (Wildman–Crippen MR) is 102 cm³/mol. The molecule has 134 valence electrons. The average molecular weight is 379 g/mol. The zero-order valence-corrected chi connectivity index (χ0v) is 16.3. The summed E-state index contributed by atoms with van der Waals surface area (Å²) in [6.07, 6.45) is 0.799. The van der Waals surface area contributed by atoms with Gasteiger partial charge in [0.15, 0.2) is 0 Å². The third kappa shape index (κ3) is 3.78. The minimum atomic E-state index is -0.348. The first-order valence-corrected chi connectivity index (χ1v) is 10.1. The molecule has 1 N–H and O–H groups in total. The molecular formula is C18H22N2O3S2. The van der Waals surface area contributed by atoms with Gasteiger partial charge >= 0.3 is 5.97 Å². The molecule has 0 radical (unpaired) electrons. The van der Waals surface area contributed by atoms with Gasteiger partial charge in [0.25, 0.3) is 5.91 Å². The Bertz CT molecular complexity index is 766. The molecule has 0 aliphatic carbocycles. The Morgan fingerprint density at radius 3 is 2.84 bits per heavy atom. The fourth-order valence-electron chi connectivity index (χ4n) is 2.94. The van der Waals surface area contributed by atoms with Crippen LogP contribution in [0.25, 0.3) is 0 Å². The monoisotopic (exact) mass is 378 g/mol. The zero-order chi connectivity index (χ0) is 18.0. The number of esters is 1. The van der Waals surface area contributed by atoms with Crippen LogP contribution in [-0.2, 0) is 17.7 Å². The first-order valence-electron chi connectivity index (χ1n) is 8.41. The molecule has 5 nitrogen and oxygen atoms in total. The molecule has 2 aromatic rings. The highest BCUT2D eigenvalue weighted by Gasteiger charge is 2.30. The van der Waals surface area contributed by atoms with Crippen molar-refractivity contribution in [3.63, 3.8) is 0 Å². The summed E-state index contributed by atoms with van der Waals surface area (Å²) in [5.41, 5.74) is 1.57. The number of anilines is 1. The van der Waals surface area contributed by atoms with Crippen LogP contribution in [0.5, 0.6) is 0 Å². The van der Waals surface area contributed by atoms with Gasteiger partial charge in [0.05, 0.1) is 17.0 Å². The highest BCUT2D eigenvalue weighted by atomic mass is 32.1. The minimum absolute atomic E-state index is 0.181. The highest BCUT2D eigenvalue weighted by Crippen LogP contribution is 2.38. The Morgan fingerprint density at radius 2 is 2.20 bits per heavy atom. The van der Waals surface area contributed by atoms with Crippen LogP contribution in [0, 0.1) is 0 Å². The molecule has 0 aromatic carbocycles. The molecule has 2 aromatic heterocycles. The van der Waals surface area contributed by atoms with Crippen LogP contribution in [0.4, 0.5) is 5.00 Å². The van der Waals surface area contributed by atoms with E-state index in [1.165, 1.54) is 22.7 Å². The van der Waals surface area contributed by atoms with E-state index in [0.29, 0.717) is 28.1 Å². The van der Waals surface area contributed by atoms with Crippen molar-refractivity contribution in [2.45, 2.75) is 39.8 Å². The largest absolute Gasteiger partial charge is 0.462 e. The fourth-order valence-corrected chi connectivity index (χ4v) is 4.82. The minimum Gasteiger partial charge on any atom is -0.462 e. The second-order valence-electron chi connectivity index (χ2n) is 6.17. The number of nitrogens with one attached hydrogen (secondary N) is 1. The quantitative estimate of drug-likeness (QED) is 0.799. The van der Waals surface area contributed by atoms with Gasteiger partial charge in [0.1, 0.15) is 5.00 Å². The second-order valence-corrected chi connectivity index (χ2v) is 8.23. The summed E-state index contributed by atoms with van der Waals surface area (Å²) in [6.45, 7) is 8.17. The Labute approximate surface area is 155 Å². The van der Waals surface area contributed by atoms with E-state index in [0.717, 1.165) is 30.0 Å². The Morgan fingerprint density at radius 1 is 1.40 bits per heavy atom. The zero-order valence-electron chi connectivity index (χ0n) is 14.6. The third-order valence-corrected chi connectivity index (χ3v) is 6.27. The van der Waals surface area contributed by atoms with Crippen LogP contribution in [0.15, 0.2) is 17.5 Å². The van der Waals surface area contributed by atoms with E-state index in [9.17, 15) is 9.59 Å². The fraction of sp³-hybridized carbons (Fsp3) is 0.444. The predicted octanol–water partition coefficient (Wildman–Crippen LogP) is 4.01. The van der Waals surface area contributed by atoms with Crippen LogP contribution in [0.2, 0.25) is 0 Å². The molecule has 0 unspecified atom stereocenters. The van der Waals surface area contributed by atoms with Gasteiger partial charge in [-0.25, -0.2) is 4.79 Å². The molecule has 0 fully saturated rings. The molecule has 0 saturated heterocycles. The van der Waals surface area contributed by atoms with Crippen molar-refractivity contribution < 1.29 is 14.3 Å². The van der Waals surface area contributed by atoms with Crippen LogP contribution in [-0.4, -0.2) is 36.0 Å². The van der Waals surface area contributed by atoms with E-state index in [1.807, 2.05) is 11.4 Å². The van der Waals surface area contributed by atoms with E-state index < -0.39 is 0 Å². The standard InChI is InChI=1S/C18H22N2O3S2/c1-4-23-18(22)15-12-7-8-20(11(2)3)10-14(12)25-17(15)19-16(21)13-6-5-9-24-13/h5-6,9,11H,4,7-8,10H2,1-3H3,(H,19,21). The number of fused-ring (bicyclic) bond motifs is 1. The number of carbonyl (C=O) groups excluding carboxylic acids is 2. The molecule has 7 heteroatoms. The molecule has 1 aliphatic rings. The number of ether oxygens (including phenoxy) is 1. The lowest BCUT2D eigenvalue weighted by Crippen LogP contribution is -2.35. The van der Waals surface area contributed by atoms with Crippen molar-refractivity contribution in [2.24, 2.45) is 0 Å². The summed E-state index contributed by atoms with van der Waals surface area (Å²) >= 11 is 2.88. The van der Waals surface area contributed by atoms with Gasteiger partial charge < -0.3 is 10.1 Å². The SMILES string of the molecule is CCOC(=O)c1c(NC(=O)c2cccs2)sc2c1CCN(C(C)C)C2.